The Labute approximate surface area is 228 Å². The highest BCUT2D eigenvalue weighted by atomic mass is 35.5. The van der Waals surface area contributed by atoms with Gasteiger partial charge in [0.2, 0.25) is 0 Å². The van der Waals surface area contributed by atoms with Crippen molar-refractivity contribution >= 4 is 52.1 Å². The number of nitrogens with one attached hydrogen (secondary N) is 1. The van der Waals surface area contributed by atoms with Crippen LogP contribution in [0.4, 0.5) is 10.1 Å². The maximum absolute atomic E-state index is 13.9. The molecule has 2 aliphatic rings. The molecular formula is C29H21ClFN3O3S. The zero-order chi connectivity index (χ0) is 27.0. The first kappa shape index (κ1) is 25.7. The largest absolute Gasteiger partial charge is 0.326 e. The first-order chi connectivity index (χ1) is 18.3. The van der Waals surface area contributed by atoms with Gasteiger partial charge in [-0.2, -0.15) is 0 Å². The third kappa shape index (κ3) is 4.81. The maximum Gasteiger partial charge on any atom is 0.263 e. The van der Waals surface area contributed by atoms with Gasteiger partial charge in [-0.3, -0.25) is 19.3 Å². The van der Waals surface area contributed by atoms with Crippen molar-refractivity contribution in [2.45, 2.75) is 19.5 Å². The second kappa shape index (κ2) is 10.4. The Morgan fingerprint density at radius 2 is 1.82 bits per heavy atom. The molecule has 1 aliphatic carbocycles. The van der Waals surface area contributed by atoms with Crippen LogP contribution >= 0.6 is 23.8 Å². The van der Waals surface area contributed by atoms with Gasteiger partial charge in [0, 0.05) is 28.4 Å². The summed E-state index contributed by atoms with van der Waals surface area (Å²) in [5, 5.41) is 3.13. The molecule has 0 atom stereocenters. The smallest absolute Gasteiger partial charge is 0.263 e. The maximum atomic E-state index is 13.9. The summed E-state index contributed by atoms with van der Waals surface area (Å²) in [6.07, 6.45) is 3.56. The number of hydrogen-bond acceptors (Lipinski definition) is 5. The third-order valence-corrected chi connectivity index (χ3v) is 7.07. The number of nitrogens with zero attached hydrogens (tertiary/aromatic N) is 1. The summed E-state index contributed by atoms with van der Waals surface area (Å²) in [5.41, 5.74) is 9.10. The minimum absolute atomic E-state index is 0.0220. The lowest BCUT2D eigenvalue weighted by Gasteiger charge is -2.16. The van der Waals surface area contributed by atoms with Gasteiger partial charge in [-0.15, -0.1) is 0 Å². The lowest BCUT2D eigenvalue weighted by molar-refractivity contribution is -0.112. The molecule has 1 heterocycles. The molecule has 0 unspecified atom stereocenters. The minimum Gasteiger partial charge on any atom is -0.326 e. The number of rotatable bonds is 6. The molecule has 6 nitrogen and oxygen atoms in total. The summed E-state index contributed by atoms with van der Waals surface area (Å²) in [4.78, 5) is 41.1. The number of benzene rings is 3. The Hall–Kier alpha value is -3.98. The molecule has 38 heavy (non-hydrogen) atoms. The van der Waals surface area contributed by atoms with E-state index >= 15 is 0 Å². The average Bonchev–Trinajstić information content (AvgIpc) is 3.16. The van der Waals surface area contributed by atoms with Gasteiger partial charge in [-0.25, -0.2) is 4.39 Å². The van der Waals surface area contributed by atoms with Crippen molar-refractivity contribution in [1.29, 1.82) is 0 Å². The Morgan fingerprint density at radius 3 is 2.61 bits per heavy atom. The van der Waals surface area contributed by atoms with E-state index in [1.165, 1.54) is 12.1 Å². The normalized spacial score (nSPS) is 14.8. The second-order valence-corrected chi connectivity index (χ2v) is 9.79. The van der Waals surface area contributed by atoms with Gasteiger partial charge in [0.15, 0.2) is 0 Å². The number of amides is 3. The fraction of sp³-hybridized carbons (Fsp3) is 0.103. The average molecular weight is 546 g/mol. The van der Waals surface area contributed by atoms with E-state index in [0.717, 1.165) is 16.0 Å². The van der Waals surface area contributed by atoms with Crippen molar-refractivity contribution in [2.75, 3.05) is 5.32 Å². The number of carbonyl (C=O) groups excluding carboxylic acids is 3. The molecule has 5 rings (SSSR count). The van der Waals surface area contributed by atoms with E-state index in [9.17, 15) is 18.8 Å². The molecule has 9 heteroatoms. The number of imide groups is 1. The molecule has 0 saturated heterocycles. The predicted octanol–water partition coefficient (Wildman–Crippen LogP) is 5.51. The quantitative estimate of drug-likeness (QED) is 0.315. The van der Waals surface area contributed by atoms with Gasteiger partial charge >= 0.3 is 0 Å². The predicted molar refractivity (Wildman–Crippen MR) is 148 cm³/mol. The van der Waals surface area contributed by atoms with Gasteiger partial charge in [0.05, 0.1) is 28.9 Å². The van der Waals surface area contributed by atoms with Crippen LogP contribution in [0, 0.1) is 5.82 Å². The Morgan fingerprint density at radius 1 is 1.05 bits per heavy atom. The first-order valence-electron chi connectivity index (χ1n) is 11.8. The van der Waals surface area contributed by atoms with Crippen LogP contribution in [0.5, 0.6) is 0 Å². The number of allylic oxidation sites excluding steroid dienone is 3. The molecule has 1 aliphatic heterocycles. The lowest BCUT2D eigenvalue weighted by Crippen LogP contribution is -2.29. The molecule has 0 fully saturated rings. The van der Waals surface area contributed by atoms with Crippen molar-refractivity contribution in [2.24, 2.45) is 5.73 Å². The van der Waals surface area contributed by atoms with Gasteiger partial charge < -0.3 is 11.1 Å². The standard InChI is InChI=1S/C29H21ClFN3O3S/c30-20-8-10-25(38)22(13-20)27(35)33-24-6-2-5-21-26(24)29(37)34(28(21)36)15-16-3-1-4-17(11-16)18-7-9-23(31)19(12-18)14-32/h1-9,11-13H,10,14-15,32H2,(H,33,35). The Bertz CT molecular complexity index is 1600. The monoisotopic (exact) mass is 545 g/mol. The first-order valence-corrected chi connectivity index (χ1v) is 12.5. The lowest BCUT2D eigenvalue weighted by atomic mass is 10.0. The van der Waals surface area contributed by atoms with E-state index in [2.05, 4.69) is 5.32 Å². The van der Waals surface area contributed by atoms with Crippen LogP contribution in [-0.2, 0) is 17.9 Å². The molecule has 0 bridgehead atoms. The molecule has 0 aromatic heterocycles. The zero-order valence-corrected chi connectivity index (χ0v) is 21.5. The molecule has 190 valence electrons. The molecule has 0 radical (unpaired) electrons. The van der Waals surface area contributed by atoms with Crippen LogP contribution in [0.2, 0.25) is 0 Å². The molecule has 3 N–H and O–H groups in total. The Balaban J connectivity index is 1.40. The third-order valence-electron chi connectivity index (χ3n) is 6.42. The van der Waals surface area contributed by atoms with Crippen molar-refractivity contribution in [3.8, 4) is 11.1 Å². The topological polar surface area (TPSA) is 92.5 Å². The molecule has 0 saturated carbocycles. The molecular weight excluding hydrogens is 525 g/mol. The van der Waals surface area contributed by atoms with Crippen molar-refractivity contribution in [3.63, 3.8) is 0 Å². The van der Waals surface area contributed by atoms with E-state index in [0.29, 0.717) is 27.4 Å². The fourth-order valence-electron chi connectivity index (χ4n) is 4.48. The summed E-state index contributed by atoms with van der Waals surface area (Å²) < 4.78 is 13.9. The van der Waals surface area contributed by atoms with Crippen LogP contribution in [0.15, 0.2) is 83.4 Å². The molecule has 3 amide bonds. The van der Waals surface area contributed by atoms with E-state index in [-0.39, 0.29) is 41.3 Å². The van der Waals surface area contributed by atoms with Crippen molar-refractivity contribution in [1.82, 2.24) is 4.90 Å². The fourth-order valence-corrected chi connectivity index (χ4v) is 4.90. The number of halogens is 2. The SMILES string of the molecule is NCc1cc(-c2cccc(CN3C(=O)c4cccc(NC(=O)C5=CC(Cl)=CCC5=S)c4C3=O)c2)ccc1F. The van der Waals surface area contributed by atoms with Crippen molar-refractivity contribution in [3.05, 3.63) is 111 Å². The summed E-state index contributed by atoms with van der Waals surface area (Å²) in [7, 11) is 0. The van der Waals surface area contributed by atoms with Crippen LogP contribution < -0.4 is 11.1 Å². The Kier molecular flexibility index (Phi) is 7.03. The zero-order valence-electron chi connectivity index (χ0n) is 20.0. The van der Waals surface area contributed by atoms with Gasteiger partial charge in [-0.1, -0.05) is 60.2 Å². The number of fused-ring (bicyclic) bond motifs is 1. The summed E-state index contributed by atoms with van der Waals surface area (Å²) in [6, 6.07) is 16.7. The van der Waals surface area contributed by atoms with Gasteiger partial charge in [0.1, 0.15) is 5.82 Å². The van der Waals surface area contributed by atoms with Gasteiger partial charge in [0.25, 0.3) is 17.7 Å². The van der Waals surface area contributed by atoms with Crippen LogP contribution in [0.25, 0.3) is 11.1 Å². The van der Waals surface area contributed by atoms with E-state index < -0.39 is 17.7 Å². The number of nitrogens with two attached hydrogens (primary N) is 1. The highest BCUT2D eigenvalue weighted by molar-refractivity contribution is 7.81. The van der Waals surface area contributed by atoms with Crippen LogP contribution in [-0.4, -0.2) is 27.5 Å². The van der Waals surface area contributed by atoms with Crippen molar-refractivity contribution < 1.29 is 18.8 Å². The van der Waals surface area contributed by atoms with E-state index in [1.54, 1.807) is 48.5 Å². The second-order valence-electron chi connectivity index (χ2n) is 8.86. The highest BCUT2D eigenvalue weighted by Crippen LogP contribution is 2.32. The number of hydrogen-bond donors (Lipinski definition) is 2. The molecule has 3 aromatic carbocycles. The van der Waals surface area contributed by atoms with Crippen LogP contribution in [0.3, 0.4) is 0 Å². The molecule has 0 spiro atoms. The minimum atomic E-state index is -0.517. The number of carbonyl (C=O) groups is 3. The van der Waals surface area contributed by atoms with Gasteiger partial charge in [-0.05, 0) is 53.1 Å². The number of anilines is 1. The number of thiocarbonyl (C=S) groups is 1. The summed E-state index contributed by atoms with van der Waals surface area (Å²) in [5.74, 6) is -1.85. The van der Waals surface area contributed by atoms with E-state index in [4.69, 9.17) is 29.6 Å². The summed E-state index contributed by atoms with van der Waals surface area (Å²) >= 11 is 11.3. The molecule has 3 aromatic rings. The highest BCUT2D eigenvalue weighted by Gasteiger charge is 2.38. The van der Waals surface area contributed by atoms with E-state index in [1.807, 2.05) is 12.1 Å². The van der Waals surface area contributed by atoms with Crippen LogP contribution in [0.1, 0.15) is 38.3 Å². The summed E-state index contributed by atoms with van der Waals surface area (Å²) in [6.45, 7) is 0.0915.